The zero-order valence-electron chi connectivity index (χ0n) is 15.3. The summed E-state index contributed by atoms with van der Waals surface area (Å²) in [5.41, 5.74) is 1.69. The predicted octanol–water partition coefficient (Wildman–Crippen LogP) is 1.98. The molecule has 1 aliphatic rings. The molecule has 1 aromatic carbocycles. The Labute approximate surface area is 160 Å². The van der Waals surface area contributed by atoms with Crippen molar-refractivity contribution >= 4 is 15.9 Å². The standard InChI is InChI=1S/C20H25N3O3S/c24-20(22-13-11-19-10-4-5-12-21-19)18-9-6-14-23(15-18)27(25,26)16-17-7-2-1-3-8-17/h1-5,7-8,10,12,18H,6,9,11,13-16H2,(H,22,24)/t18-/m1/s1. The monoisotopic (exact) mass is 387 g/mol. The Morgan fingerprint density at radius 1 is 1.15 bits per heavy atom. The summed E-state index contributed by atoms with van der Waals surface area (Å²) in [4.78, 5) is 16.7. The minimum absolute atomic E-state index is 0.0259. The van der Waals surface area contributed by atoms with Crippen LogP contribution >= 0.6 is 0 Å². The van der Waals surface area contributed by atoms with Crippen LogP contribution in [0.25, 0.3) is 0 Å². The lowest BCUT2D eigenvalue weighted by atomic mass is 9.99. The van der Waals surface area contributed by atoms with Gasteiger partial charge in [-0.1, -0.05) is 36.4 Å². The van der Waals surface area contributed by atoms with Crippen LogP contribution in [0.15, 0.2) is 54.7 Å². The number of nitrogens with zero attached hydrogens (tertiary/aromatic N) is 2. The fraction of sp³-hybridized carbons (Fsp3) is 0.400. The Balaban J connectivity index is 1.52. The van der Waals surface area contributed by atoms with E-state index in [1.165, 1.54) is 4.31 Å². The molecule has 1 N–H and O–H groups in total. The number of hydrogen-bond donors (Lipinski definition) is 1. The molecule has 0 unspecified atom stereocenters. The molecule has 7 heteroatoms. The Morgan fingerprint density at radius 2 is 1.93 bits per heavy atom. The van der Waals surface area contributed by atoms with Gasteiger partial charge in [0.2, 0.25) is 15.9 Å². The second kappa shape index (κ2) is 9.10. The van der Waals surface area contributed by atoms with Crippen molar-refractivity contribution in [2.45, 2.75) is 25.0 Å². The highest BCUT2D eigenvalue weighted by atomic mass is 32.2. The van der Waals surface area contributed by atoms with E-state index in [0.717, 1.165) is 11.3 Å². The SMILES string of the molecule is O=C(NCCc1ccccn1)[C@@H]1CCCN(S(=O)(=O)Cc2ccccc2)C1. The van der Waals surface area contributed by atoms with Gasteiger partial charge < -0.3 is 5.32 Å². The van der Waals surface area contributed by atoms with E-state index in [-0.39, 0.29) is 24.1 Å². The van der Waals surface area contributed by atoms with Crippen LogP contribution in [0.5, 0.6) is 0 Å². The Morgan fingerprint density at radius 3 is 2.67 bits per heavy atom. The number of piperidine rings is 1. The van der Waals surface area contributed by atoms with Gasteiger partial charge in [-0.15, -0.1) is 0 Å². The van der Waals surface area contributed by atoms with Crippen molar-refractivity contribution in [1.29, 1.82) is 0 Å². The van der Waals surface area contributed by atoms with Gasteiger partial charge in [-0.2, -0.15) is 0 Å². The third-order valence-electron chi connectivity index (χ3n) is 4.75. The number of aromatic nitrogens is 1. The first-order chi connectivity index (χ1) is 13.0. The number of sulfonamides is 1. The number of nitrogens with one attached hydrogen (secondary N) is 1. The Kier molecular flexibility index (Phi) is 6.58. The lowest BCUT2D eigenvalue weighted by molar-refractivity contribution is -0.126. The van der Waals surface area contributed by atoms with Crippen LogP contribution < -0.4 is 5.32 Å². The number of rotatable bonds is 7. The van der Waals surface area contributed by atoms with Crippen molar-refractivity contribution in [2.75, 3.05) is 19.6 Å². The van der Waals surface area contributed by atoms with Crippen LogP contribution in [-0.2, 0) is 27.0 Å². The fourth-order valence-corrected chi connectivity index (χ4v) is 4.90. The highest BCUT2D eigenvalue weighted by Gasteiger charge is 2.32. The maximum absolute atomic E-state index is 12.7. The molecule has 1 aliphatic heterocycles. The summed E-state index contributed by atoms with van der Waals surface area (Å²) in [6.45, 7) is 1.24. The first kappa shape index (κ1) is 19.5. The maximum atomic E-state index is 12.7. The number of pyridine rings is 1. The summed E-state index contributed by atoms with van der Waals surface area (Å²) in [6, 6.07) is 14.8. The number of benzene rings is 1. The molecule has 1 fully saturated rings. The predicted molar refractivity (Wildman–Crippen MR) is 104 cm³/mol. The Bertz CT molecular complexity index is 841. The second-order valence-electron chi connectivity index (χ2n) is 6.80. The summed E-state index contributed by atoms with van der Waals surface area (Å²) in [5, 5.41) is 2.92. The summed E-state index contributed by atoms with van der Waals surface area (Å²) in [5.74, 6) is -0.402. The van der Waals surface area contributed by atoms with Crippen LogP contribution in [0, 0.1) is 5.92 Å². The summed E-state index contributed by atoms with van der Waals surface area (Å²) >= 11 is 0. The van der Waals surface area contributed by atoms with Gasteiger partial charge >= 0.3 is 0 Å². The van der Waals surface area contributed by atoms with Crippen LogP contribution in [0.2, 0.25) is 0 Å². The largest absolute Gasteiger partial charge is 0.355 e. The average Bonchev–Trinajstić information content (AvgIpc) is 2.69. The molecule has 2 aromatic rings. The van der Waals surface area contributed by atoms with Crippen molar-refractivity contribution in [3.05, 3.63) is 66.0 Å². The topological polar surface area (TPSA) is 79.4 Å². The van der Waals surface area contributed by atoms with E-state index in [4.69, 9.17) is 0 Å². The molecule has 3 rings (SSSR count). The lowest BCUT2D eigenvalue weighted by Crippen LogP contribution is -2.46. The van der Waals surface area contributed by atoms with Crippen molar-refractivity contribution < 1.29 is 13.2 Å². The van der Waals surface area contributed by atoms with Gasteiger partial charge in [0.15, 0.2) is 0 Å². The lowest BCUT2D eigenvalue weighted by Gasteiger charge is -2.31. The molecule has 2 heterocycles. The van der Waals surface area contributed by atoms with Gasteiger partial charge in [0.1, 0.15) is 0 Å². The van der Waals surface area contributed by atoms with Crippen molar-refractivity contribution in [1.82, 2.24) is 14.6 Å². The molecule has 0 spiro atoms. The smallest absolute Gasteiger partial charge is 0.224 e. The molecule has 0 saturated carbocycles. The van der Waals surface area contributed by atoms with E-state index in [1.807, 2.05) is 48.5 Å². The molecule has 1 atom stereocenters. The van der Waals surface area contributed by atoms with E-state index in [2.05, 4.69) is 10.3 Å². The maximum Gasteiger partial charge on any atom is 0.224 e. The number of amides is 1. The summed E-state index contributed by atoms with van der Waals surface area (Å²) in [7, 11) is -3.42. The minimum Gasteiger partial charge on any atom is -0.355 e. The van der Waals surface area contributed by atoms with Crippen molar-refractivity contribution in [3.8, 4) is 0 Å². The third kappa shape index (κ3) is 5.61. The normalized spacial score (nSPS) is 18.1. The van der Waals surface area contributed by atoms with E-state index >= 15 is 0 Å². The highest BCUT2D eigenvalue weighted by molar-refractivity contribution is 7.88. The number of carbonyl (C=O) groups is 1. The molecular weight excluding hydrogens is 362 g/mol. The minimum atomic E-state index is -3.42. The van der Waals surface area contributed by atoms with Crippen LogP contribution in [0.4, 0.5) is 0 Å². The van der Waals surface area contributed by atoms with Crippen molar-refractivity contribution in [2.24, 2.45) is 5.92 Å². The molecule has 0 aliphatic carbocycles. The van der Waals surface area contributed by atoms with Gasteiger partial charge in [-0.3, -0.25) is 9.78 Å². The van der Waals surface area contributed by atoms with E-state index in [9.17, 15) is 13.2 Å². The summed E-state index contributed by atoms with van der Waals surface area (Å²) in [6.07, 6.45) is 3.81. The zero-order chi connectivity index (χ0) is 19.1. The molecule has 1 amide bonds. The highest BCUT2D eigenvalue weighted by Crippen LogP contribution is 2.21. The van der Waals surface area contributed by atoms with E-state index in [0.29, 0.717) is 32.4 Å². The molecular formula is C20H25N3O3S. The van der Waals surface area contributed by atoms with Gasteiger partial charge in [0.25, 0.3) is 0 Å². The third-order valence-corrected chi connectivity index (χ3v) is 6.56. The Hall–Kier alpha value is -2.25. The molecule has 6 nitrogen and oxygen atoms in total. The van der Waals surface area contributed by atoms with Gasteiger partial charge in [0.05, 0.1) is 11.7 Å². The zero-order valence-corrected chi connectivity index (χ0v) is 16.1. The van der Waals surface area contributed by atoms with Crippen molar-refractivity contribution in [3.63, 3.8) is 0 Å². The molecule has 1 saturated heterocycles. The summed E-state index contributed by atoms with van der Waals surface area (Å²) < 4.78 is 26.9. The fourth-order valence-electron chi connectivity index (χ4n) is 3.29. The van der Waals surface area contributed by atoms with Gasteiger partial charge in [-0.05, 0) is 30.5 Å². The van der Waals surface area contributed by atoms with Crippen LogP contribution in [0.3, 0.4) is 0 Å². The van der Waals surface area contributed by atoms with Gasteiger partial charge in [0, 0.05) is 37.9 Å². The molecule has 27 heavy (non-hydrogen) atoms. The molecule has 144 valence electrons. The van der Waals surface area contributed by atoms with E-state index < -0.39 is 10.0 Å². The first-order valence-corrected chi connectivity index (χ1v) is 10.8. The number of hydrogen-bond acceptors (Lipinski definition) is 4. The first-order valence-electron chi connectivity index (χ1n) is 9.24. The molecule has 0 radical (unpaired) electrons. The molecule has 1 aromatic heterocycles. The number of carbonyl (C=O) groups excluding carboxylic acids is 1. The average molecular weight is 388 g/mol. The van der Waals surface area contributed by atoms with Crippen LogP contribution in [-0.4, -0.2) is 43.2 Å². The quantitative estimate of drug-likeness (QED) is 0.788. The second-order valence-corrected chi connectivity index (χ2v) is 8.77. The van der Waals surface area contributed by atoms with Gasteiger partial charge in [-0.25, -0.2) is 12.7 Å². The van der Waals surface area contributed by atoms with E-state index in [1.54, 1.807) is 6.20 Å². The van der Waals surface area contributed by atoms with Crippen LogP contribution in [0.1, 0.15) is 24.1 Å². The molecule has 0 bridgehead atoms.